The highest BCUT2D eigenvalue weighted by atomic mass is 16.3. The van der Waals surface area contributed by atoms with Crippen molar-refractivity contribution < 1.29 is 4.79 Å². The number of fused-ring (bicyclic) bond motifs is 7. The SMILES string of the molecule is CC1=C(N=O)C(=O)C=C2C1=CC=C1[C@@]2(C)CCC2[C@]3(N)C[C@@H](C)CC[C@]3(C)CC[C@]12C. The average molecular weight is 421 g/mol. The molecule has 4 nitrogen and oxygen atoms in total. The maximum atomic E-state index is 12.7. The highest BCUT2D eigenvalue weighted by molar-refractivity contribution is 6.08. The van der Waals surface area contributed by atoms with Crippen LogP contribution < -0.4 is 5.73 Å². The molecule has 0 radical (unpaired) electrons. The molecule has 3 fully saturated rings. The highest BCUT2D eigenvalue weighted by Gasteiger charge is 2.65. The quantitative estimate of drug-likeness (QED) is 0.518. The fourth-order valence-electron chi connectivity index (χ4n) is 8.42. The lowest BCUT2D eigenvalue weighted by Crippen LogP contribution is -2.70. The van der Waals surface area contributed by atoms with E-state index in [-0.39, 0.29) is 33.3 Å². The molecule has 1 unspecified atom stereocenters. The Morgan fingerprint density at radius 1 is 1.06 bits per heavy atom. The van der Waals surface area contributed by atoms with E-state index in [1.54, 1.807) is 6.08 Å². The normalized spacial score (nSPS) is 46.6. The minimum atomic E-state index is -0.248. The molecule has 5 aliphatic rings. The summed E-state index contributed by atoms with van der Waals surface area (Å²) >= 11 is 0. The van der Waals surface area contributed by atoms with E-state index < -0.39 is 0 Å². The summed E-state index contributed by atoms with van der Waals surface area (Å²) in [5.74, 6) is 0.892. The summed E-state index contributed by atoms with van der Waals surface area (Å²) in [6.45, 7) is 11.4. The molecule has 0 bridgehead atoms. The van der Waals surface area contributed by atoms with Crippen LogP contribution >= 0.6 is 0 Å². The van der Waals surface area contributed by atoms with Gasteiger partial charge in [-0.3, -0.25) is 4.79 Å². The number of nitroso groups, excluding NO2 is 1. The fraction of sp³-hybridized carbons (Fsp3) is 0.667. The first-order chi connectivity index (χ1) is 14.5. The molecular weight excluding hydrogens is 384 g/mol. The van der Waals surface area contributed by atoms with Crippen LogP contribution in [-0.2, 0) is 4.79 Å². The van der Waals surface area contributed by atoms with Crippen LogP contribution in [-0.4, -0.2) is 11.3 Å². The van der Waals surface area contributed by atoms with Crippen molar-refractivity contribution in [3.8, 4) is 0 Å². The minimum absolute atomic E-state index is 0.0328. The van der Waals surface area contributed by atoms with Crippen LogP contribution in [0.3, 0.4) is 0 Å². The largest absolute Gasteiger partial charge is 0.324 e. The van der Waals surface area contributed by atoms with Crippen molar-refractivity contribution in [3.05, 3.63) is 51.1 Å². The molecule has 6 atom stereocenters. The molecule has 0 spiro atoms. The molecular formula is C27H36N2O2. The third kappa shape index (κ3) is 2.49. The van der Waals surface area contributed by atoms with Gasteiger partial charge in [-0.1, -0.05) is 51.8 Å². The second kappa shape index (κ2) is 6.37. The Morgan fingerprint density at radius 2 is 1.81 bits per heavy atom. The van der Waals surface area contributed by atoms with Gasteiger partial charge < -0.3 is 5.73 Å². The molecule has 0 heterocycles. The van der Waals surface area contributed by atoms with Crippen LogP contribution in [0, 0.1) is 33.0 Å². The molecule has 3 saturated carbocycles. The predicted molar refractivity (Wildman–Crippen MR) is 124 cm³/mol. The van der Waals surface area contributed by atoms with Gasteiger partial charge in [-0.2, -0.15) is 0 Å². The third-order valence-corrected chi connectivity index (χ3v) is 10.4. The topological polar surface area (TPSA) is 72.5 Å². The molecule has 5 rings (SSSR count). The number of carbonyl (C=O) groups is 1. The Morgan fingerprint density at radius 3 is 2.52 bits per heavy atom. The summed E-state index contributed by atoms with van der Waals surface area (Å²) in [6.07, 6.45) is 14.2. The van der Waals surface area contributed by atoms with E-state index in [4.69, 9.17) is 5.73 Å². The zero-order chi connectivity index (χ0) is 22.4. The molecule has 166 valence electrons. The lowest BCUT2D eigenvalue weighted by atomic mass is 9.38. The summed E-state index contributed by atoms with van der Waals surface area (Å²) in [4.78, 5) is 24.0. The van der Waals surface area contributed by atoms with Crippen LogP contribution in [0.15, 0.2) is 51.4 Å². The van der Waals surface area contributed by atoms with Gasteiger partial charge in [-0.25, -0.2) is 0 Å². The van der Waals surface area contributed by atoms with Crippen molar-refractivity contribution in [2.75, 3.05) is 0 Å². The standard InChI is InChI=1S/C27H36N2O2/c1-16-8-10-24(3)12-13-26(5)21-7-6-18-17(2)23(29-31)20(30)14-19(18)25(21,4)11-9-22(26)27(24,28)15-16/h6-7,14,16,22H,8-13,15,28H2,1-5H3/t16-,22?,24+,25-,26+,27+/m0/s1. The molecule has 0 aromatic carbocycles. The Labute approximate surface area is 186 Å². The molecule has 31 heavy (non-hydrogen) atoms. The maximum Gasteiger partial charge on any atom is 0.208 e. The zero-order valence-electron chi connectivity index (χ0n) is 19.7. The van der Waals surface area contributed by atoms with Gasteiger partial charge in [-0.15, -0.1) is 4.91 Å². The highest BCUT2D eigenvalue weighted by Crippen LogP contribution is 2.70. The molecule has 5 aliphatic carbocycles. The van der Waals surface area contributed by atoms with Crippen molar-refractivity contribution in [1.29, 1.82) is 0 Å². The van der Waals surface area contributed by atoms with Gasteiger partial charge in [0.15, 0.2) is 5.70 Å². The number of ketones is 1. The minimum Gasteiger partial charge on any atom is -0.324 e. The predicted octanol–water partition coefficient (Wildman–Crippen LogP) is 6.14. The Hall–Kier alpha value is -1.81. The molecule has 0 aromatic heterocycles. The first-order valence-electron chi connectivity index (χ1n) is 12.0. The Kier molecular flexibility index (Phi) is 4.33. The van der Waals surface area contributed by atoms with Crippen molar-refractivity contribution in [2.24, 2.45) is 39.0 Å². The number of nitrogens with two attached hydrogens (primary N) is 1. The summed E-state index contributed by atoms with van der Waals surface area (Å²) in [5, 5.41) is 3.03. The third-order valence-electron chi connectivity index (χ3n) is 10.4. The van der Waals surface area contributed by atoms with E-state index in [1.165, 1.54) is 24.8 Å². The summed E-state index contributed by atoms with van der Waals surface area (Å²) in [5.41, 5.74) is 11.7. The average Bonchev–Trinajstić information content (AvgIpc) is 2.70. The first-order valence-corrected chi connectivity index (χ1v) is 12.0. The summed E-state index contributed by atoms with van der Waals surface area (Å²) < 4.78 is 0. The van der Waals surface area contributed by atoms with Crippen LogP contribution in [0.4, 0.5) is 0 Å². The maximum absolute atomic E-state index is 12.7. The van der Waals surface area contributed by atoms with Crippen molar-refractivity contribution in [2.45, 2.75) is 85.1 Å². The number of nitrogens with zero attached hydrogens (tertiary/aromatic N) is 1. The van der Waals surface area contributed by atoms with Crippen LogP contribution in [0.1, 0.15) is 79.6 Å². The van der Waals surface area contributed by atoms with Gasteiger partial charge in [0.25, 0.3) is 0 Å². The Bertz CT molecular complexity index is 1020. The first kappa shape index (κ1) is 21.1. The molecule has 0 aliphatic heterocycles. The van der Waals surface area contributed by atoms with Crippen LogP contribution in [0.2, 0.25) is 0 Å². The van der Waals surface area contributed by atoms with E-state index in [0.29, 0.717) is 17.4 Å². The van der Waals surface area contributed by atoms with E-state index >= 15 is 0 Å². The van der Waals surface area contributed by atoms with Crippen LogP contribution in [0.25, 0.3) is 0 Å². The number of allylic oxidation sites excluding steroid dienone is 7. The van der Waals surface area contributed by atoms with Gasteiger partial charge in [0.1, 0.15) is 0 Å². The number of hydrogen-bond donors (Lipinski definition) is 1. The van der Waals surface area contributed by atoms with Crippen molar-refractivity contribution in [1.82, 2.24) is 0 Å². The summed E-state index contributed by atoms with van der Waals surface area (Å²) in [6, 6.07) is 0. The molecule has 0 aromatic rings. The van der Waals surface area contributed by atoms with E-state index in [9.17, 15) is 9.70 Å². The number of rotatable bonds is 1. The number of hydrogen-bond acceptors (Lipinski definition) is 4. The van der Waals surface area contributed by atoms with Gasteiger partial charge >= 0.3 is 0 Å². The van der Waals surface area contributed by atoms with Gasteiger partial charge in [-0.05, 0) is 96.1 Å². The van der Waals surface area contributed by atoms with Crippen molar-refractivity contribution in [3.63, 3.8) is 0 Å². The van der Waals surface area contributed by atoms with Gasteiger partial charge in [0.2, 0.25) is 5.78 Å². The van der Waals surface area contributed by atoms with Crippen molar-refractivity contribution >= 4 is 5.78 Å². The fourth-order valence-corrected chi connectivity index (χ4v) is 8.42. The van der Waals surface area contributed by atoms with Gasteiger partial charge in [0.05, 0.1) is 0 Å². The van der Waals surface area contributed by atoms with E-state index in [1.807, 2.05) is 6.92 Å². The molecule has 4 heteroatoms. The monoisotopic (exact) mass is 420 g/mol. The second-order valence-electron chi connectivity index (χ2n) is 11.9. The second-order valence-corrected chi connectivity index (χ2v) is 11.9. The smallest absolute Gasteiger partial charge is 0.208 e. The zero-order valence-corrected chi connectivity index (χ0v) is 19.7. The van der Waals surface area contributed by atoms with E-state index in [0.717, 1.165) is 36.8 Å². The number of carbonyl (C=O) groups excluding carboxylic acids is 1. The molecule has 2 N–H and O–H groups in total. The van der Waals surface area contributed by atoms with Gasteiger partial charge in [0, 0.05) is 11.0 Å². The van der Waals surface area contributed by atoms with E-state index in [2.05, 4.69) is 45.0 Å². The van der Waals surface area contributed by atoms with Crippen LogP contribution in [0.5, 0.6) is 0 Å². The molecule has 0 saturated heterocycles. The lowest BCUT2D eigenvalue weighted by molar-refractivity contribution is -0.112. The Balaban J connectivity index is 1.64. The lowest BCUT2D eigenvalue weighted by Gasteiger charge is -2.68. The molecule has 0 amide bonds. The summed E-state index contributed by atoms with van der Waals surface area (Å²) in [7, 11) is 0.